The number of ether oxygens (including phenoxy) is 3. The standard InChI is InChI=1S/C12H12F8O3S/c1-7-5-21-11(22-6-7)12(14,15)23-8-2-3-10(9(13)4-8)24(16,17,18,19)20/h2-4,7,11H,5-6H2,1H3. The van der Waals surface area contributed by atoms with Crippen molar-refractivity contribution in [3.63, 3.8) is 0 Å². The molecule has 0 aromatic heterocycles. The Kier molecular flexibility index (Phi) is 4.06. The third kappa shape index (κ3) is 4.42. The van der Waals surface area contributed by atoms with Gasteiger partial charge in [0.25, 0.3) is 6.29 Å². The summed E-state index contributed by atoms with van der Waals surface area (Å²) >= 11 is 0. The number of alkyl halides is 2. The highest BCUT2D eigenvalue weighted by Crippen LogP contribution is 3.02. The zero-order valence-electron chi connectivity index (χ0n) is 12.0. The lowest BCUT2D eigenvalue weighted by Gasteiger charge is -2.40. The van der Waals surface area contributed by atoms with Crippen LogP contribution in [0.1, 0.15) is 6.92 Å². The van der Waals surface area contributed by atoms with Gasteiger partial charge < -0.3 is 14.2 Å². The summed E-state index contributed by atoms with van der Waals surface area (Å²) in [5, 5.41) is 0. The van der Waals surface area contributed by atoms with Crippen molar-refractivity contribution >= 4 is 10.2 Å². The Balaban J connectivity index is 2.21. The molecular formula is C12H12F8O3S. The highest BCUT2D eigenvalue weighted by Gasteiger charge is 2.67. The molecule has 12 heteroatoms. The fourth-order valence-electron chi connectivity index (χ4n) is 1.86. The quantitative estimate of drug-likeness (QED) is 0.641. The van der Waals surface area contributed by atoms with Crippen LogP contribution in [0.25, 0.3) is 0 Å². The second kappa shape index (κ2) is 5.11. The lowest BCUT2D eigenvalue weighted by atomic mass is 10.2. The molecule has 0 aliphatic carbocycles. The van der Waals surface area contributed by atoms with Crippen LogP contribution in [0, 0.1) is 11.7 Å². The van der Waals surface area contributed by atoms with Crippen LogP contribution in [0.4, 0.5) is 32.6 Å². The van der Waals surface area contributed by atoms with Gasteiger partial charge in [-0.25, -0.2) is 4.39 Å². The molecule has 1 aromatic rings. The lowest BCUT2D eigenvalue weighted by Crippen LogP contribution is -2.47. The molecule has 0 spiro atoms. The van der Waals surface area contributed by atoms with Crippen molar-refractivity contribution in [2.45, 2.75) is 24.2 Å². The van der Waals surface area contributed by atoms with E-state index < -0.39 is 39.1 Å². The van der Waals surface area contributed by atoms with Gasteiger partial charge in [-0.2, -0.15) is 8.78 Å². The van der Waals surface area contributed by atoms with Gasteiger partial charge in [0.15, 0.2) is 0 Å². The first kappa shape index (κ1) is 19.1. The van der Waals surface area contributed by atoms with Gasteiger partial charge in [0.2, 0.25) is 0 Å². The zero-order valence-corrected chi connectivity index (χ0v) is 12.8. The second-order valence-corrected chi connectivity index (χ2v) is 7.71. The van der Waals surface area contributed by atoms with E-state index in [0.717, 1.165) is 0 Å². The number of halogens is 8. The smallest absolute Gasteiger partial charge is 0.429 e. The van der Waals surface area contributed by atoms with Crippen molar-refractivity contribution < 1.29 is 46.8 Å². The summed E-state index contributed by atoms with van der Waals surface area (Å²) in [6.07, 6.45) is -6.32. The average molecular weight is 388 g/mol. The van der Waals surface area contributed by atoms with Crippen LogP contribution in [-0.4, -0.2) is 25.6 Å². The molecule has 1 fully saturated rings. The summed E-state index contributed by atoms with van der Waals surface area (Å²) in [4.78, 5) is -2.82. The normalized spacial score (nSPS) is 25.7. The topological polar surface area (TPSA) is 27.7 Å². The van der Waals surface area contributed by atoms with Crippen LogP contribution in [0.15, 0.2) is 23.1 Å². The first-order valence-corrected chi connectivity index (χ1v) is 8.37. The maximum absolute atomic E-state index is 13.8. The van der Waals surface area contributed by atoms with Gasteiger partial charge in [-0.1, -0.05) is 26.4 Å². The highest BCUT2D eigenvalue weighted by molar-refractivity contribution is 8.45. The Bertz CT molecular complexity index is 625. The van der Waals surface area contributed by atoms with E-state index in [1.807, 2.05) is 0 Å². The summed E-state index contributed by atoms with van der Waals surface area (Å²) in [5.41, 5.74) is 0. The first-order chi connectivity index (χ1) is 10.6. The predicted octanol–water partition coefficient (Wildman–Crippen LogP) is 5.46. The number of hydrogen-bond acceptors (Lipinski definition) is 3. The van der Waals surface area contributed by atoms with Crippen LogP contribution in [0.3, 0.4) is 0 Å². The summed E-state index contributed by atoms with van der Waals surface area (Å²) in [5.74, 6) is -3.68. The minimum absolute atomic E-state index is 0.0822. The summed E-state index contributed by atoms with van der Waals surface area (Å²) in [6.45, 7) is 1.49. The van der Waals surface area contributed by atoms with E-state index in [1.165, 1.54) is 0 Å². The molecular weight excluding hydrogens is 376 g/mol. The first-order valence-electron chi connectivity index (χ1n) is 6.42. The van der Waals surface area contributed by atoms with E-state index in [-0.39, 0.29) is 37.3 Å². The van der Waals surface area contributed by atoms with E-state index in [2.05, 4.69) is 14.2 Å². The molecule has 140 valence electrons. The van der Waals surface area contributed by atoms with Crippen molar-refractivity contribution in [1.82, 2.24) is 0 Å². The molecule has 3 nitrogen and oxygen atoms in total. The Morgan fingerprint density at radius 1 is 1.08 bits per heavy atom. The molecule has 1 aromatic carbocycles. The molecule has 0 N–H and O–H groups in total. The van der Waals surface area contributed by atoms with Crippen LogP contribution >= 0.6 is 10.2 Å². The molecule has 1 aliphatic heterocycles. The van der Waals surface area contributed by atoms with Crippen molar-refractivity contribution in [2.24, 2.45) is 5.92 Å². The minimum Gasteiger partial charge on any atom is -0.429 e. The second-order valence-electron chi connectivity index (χ2n) is 5.33. The molecule has 1 heterocycles. The molecule has 0 unspecified atom stereocenters. The average Bonchev–Trinajstić information content (AvgIpc) is 2.35. The zero-order chi connectivity index (χ0) is 18.5. The van der Waals surface area contributed by atoms with Gasteiger partial charge in [-0.15, -0.1) is 0 Å². The van der Waals surface area contributed by atoms with Crippen molar-refractivity contribution in [1.29, 1.82) is 0 Å². The van der Waals surface area contributed by atoms with Gasteiger partial charge in [0, 0.05) is 12.0 Å². The molecule has 24 heavy (non-hydrogen) atoms. The third-order valence-electron chi connectivity index (χ3n) is 2.91. The molecule has 0 amide bonds. The number of hydrogen-bond donors (Lipinski definition) is 0. The summed E-state index contributed by atoms with van der Waals surface area (Å²) < 4.78 is 117. The predicted molar refractivity (Wildman–Crippen MR) is 68.2 cm³/mol. The van der Waals surface area contributed by atoms with E-state index >= 15 is 0 Å². The van der Waals surface area contributed by atoms with Crippen LogP contribution < -0.4 is 4.74 Å². The largest absolute Gasteiger partial charge is 0.451 e. The van der Waals surface area contributed by atoms with Gasteiger partial charge in [0.1, 0.15) is 16.5 Å². The Morgan fingerprint density at radius 2 is 1.62 bits per heavy atom. The maximum Gasteiger partial charge on any atom is 0.451 e. The summed E-state index contributed by atoms with van der Waals surface area (Å²) in [7, 11) is -10.3. The highest BCUT2D eigenvalue weighted by atomic mass is 32.5. The van der Waals surface area contributed by atoms with E-state index in [4.69, 9.17) is 0 Å². The fraction of sp³-hybridized carbons (Fsp3) is 0.500. The molecule has 1 aliphatic rings. The molecule has 0 saturated carbocycles. The third-order valence-corrected chi connectivity index (χ3v) is 4.07. The molecule has 1 saturated heterocycles. The van der Waals surface area contributed by atoms with Gasteiger partial charge in [-0.05, 0) is 12.1 Å². The van der Waals surface area contributed by atoms with Gasteiger partial charge >= 0.3 is 16.3 Å². The van der Waals surface area contributed by atoms with Gasteiger partial charge in [-0.3, -0.25) is 0 Å². The number of rotatable bonds is 4. The van der Waals surface area contributed by atoms with Crippen LogP contribution in [-0.2, 0) is 9.47 Å². The molecule has 0 radical (unpaired) electrons. The fourth-order valence-corrected chi connectivity index (χ4v) is 2.61. The van der Waals surface area contributed by atoms with Gasteiger partial charge in [0.05, 0.1) is 13.2 Å². The molecule has 2 rings (SSSR count). The lowest BCUT2D eigenvalue weighted by molar-refractivity contribution is -0.350. The monoisotopic (exact) mass is 388 g/mol. The Morgan fingerprint density at radius 3 is 2.08 bits per heavy atom. The van der Waals surface area contributed by atoms with Crippen molar-refractivity contribution in [3.05, 3.63) is 24.0 Å². The molecule has 0 bridgehead atoms. The van der Waals surface area contributed by atoms with E-state index in [1.54, 1.807) is 6.92 Å². The summed E-state index contributed by atoms with van der Waals surface area (Å²) in [6, 6.07) is -0.394. The SMILES string of the molecule is CC1COC(C(F)(F)Oc2ccc(S(F)(F)(F)(F)F)c(F)c2)OC1. The van der Waals surface area contributed by atoms with Crippen molar-refractivity contribution in [2.75, 3.05) is 13.2 Å². The number of benzene rings is 1. The molecule has 0 atom stereocenters. The minimum atomic E-state index is -10.3. The van der Waals surface area contributed by atoms with Crippen LogP contribution in [0.2, 0.25) is 0 Å². The van der Waals surface area contributed by atoms with E-state index in [0.29, 0.717) is 0 Å². The Hall–Kier alpha value is -1.27. The van der Waals surface area contributed by atoms with Crippen LogP contribution in [0.5, 0.6) is 5.75 Å². The van der Waals surface area contributed by atoms with E-state index in [9.17, 15) is 32.6 Å². The van der Waals surface area contributed by atoms with Crippen molar-refractivity contribution in [3.8, 4) is 5.75 Å². The maximum atomic E-state index is 13.8. The Labute approximate surface area is 131 Å².